The molecule has 5 nitrogen and oxygen atoms in total. The average Bonchev–Trinajstić information content (AvgIpc) is 2.15. The summed E-state index contributed by atoms with van der Waals surface area (Å²) < 4.78 is 36.8. The smallest absolute Gasteiger partial charge is 0.358 e. The Kier molecular flexibility index (Phi) is 2.57. The summed E-state index contributed by atoms with van der Waals surface area (Å²) in [6.45, 7) is 0. The second-order valence-corrected chi connectivity index (χ2v) is 2.42. The molecule has 0 saturated carbocycles. The number of alkyl halides is 3. The number of hydrogen-bond acceptors (Lipinski definition) is 4. The van der Waals surface area contributed by atoms with Crippen LogP contribution in [0.1, 0.15) is 11.1 Å². The van der Waals surface area contributed by atoms with Crippen molar-refractivity contribution in [3.63, 3.8) is 0 Å². The Morgan fingerprint density at radius 3 is 2.53 bits per heavy atom. The lowest BCUT2D eigenvalue weighted by molar-refractivity contribution is -0.390. The largest absolute Gasteiger partial charge is 0.418 e. The molecule has 0 spiro atoms. The Labute approximate surface area is 80.9 Å². The number of aromatic nitrogens is 1. The fourth-order valence-corrected chi connectivity index (χ4v) is 0.936. The fourth-order valence-electron chi connectivity index (χ4n) is 0.936. The number of pyridine rings is 1. The zero-order valence-electron chi connectivity index (χ0n) is 6.95. The van der Waals surface area contributed by atoms with Crippen LogP contribution in [0.4, 0.5) is 19.0 Å². The van der Waals surface area contributed by atoms with E-state index in [1.165, 1.54) is 0 Å². The van der Waals surface area contributed by atoms with E-state index < -0.39 is 28.0 Å². The molecule has 8 heteroatoms. The lowest BCUT2D eigenvalue weighted by Crippen LogP contribution is -2.10. The normalized spacial score (nSPS) is 10.8. The van der Waals surface area contributed by atoms with Crippen molar-refractivity contribution in [3.05, 3.63) is 33.5 Å². The van der Waals surface area contributed by atoms with Gasteiger partial charge in [-0.15, -0.1) is 0 Å². The number of nitriles is 1. The molecule has 1 aromatic rings. The van der Waals surface area contributed by atoms with Crippen molar-refractivity contribution < 1.29 is 18.1 Å². The Balaban J connectivity index is 3.51. The van der Waals surface area contributed by atoms with Crippen LogP contribution in [0.3, 0.4) is 0 Å². The van der Waals surface area contributed by atoms with Crippen LogP contribution in [0.5, 0.6) is 0 Å². The van der Waals surface area contributed by atoms with Gasteiger partial charge in [0.25, 0.3) is 0 Å². The third-order valence-electron chi connectivity index (χ3n) is 1.52. The molecular formula is C7H2F3N3O2. The van der Waals surface area contributed by atoms with E-state index in [-0.39, 0.29) is 0 Å². The van der Waals surface area contributed by atoms with Gasteiger partial charge in [0.15, 0.2) is 5.56 Å². The molecule has 1 rings (SSSR count). The Morgan fingerprint density at radius 2 is 2.13 bits per heavy atom. The molecule has 1 aromatic heterocycles. The van der Waals surface area contributed by atoms with Crippen LogP contribution in [-0.2, 0) is 6.18 Å². The van der Waals surface area contributed by atoms with Gasteiger partial charge in [-0.05, 0) is 16.0 Å². The molecule has 0 aliphatic rings. The molecule has 0 aliphatic heterocycles. The molecule has 0 unspecified atom stereocenters. The summed E-state index contributed by atoms with van der Waals surface area (Å²) in [6, 6.07) is 1.65. The monoisotopic (exact) mass is 217 g/mol. The zero-order valence-corrected chi connectivity index (χ0v) is 6.95. The molecule has 78 valence electrons. The summed E-state index contributed by atoms with van der Waals surface area (Å²) in [6.07, 6.45) is -4.17. The van der Waals surface area contributed by atoms with E-state index >= 15 is 0 Å². The predicted octanol–water partition coefficient (Wildman–Crippen LogP) is 1.88. The van der Waals surface area contributed by atoms with E-state index in [4.69, 9.17) is 5.26 Å². The SMILES string of the molecule is N#Cc1c(C(F)(F)F)ccnc1[N+](=O)[O-]. The van der Waals surface area contributed by atoms with Crippen LogP contribution in [0, 0.1) is 21.4 Å². The maximum absolute atomic E-state index is 12.3. The molecule has 0 bridgehead atoms. The summed E-state index contributed by atoms with van der Waals surface area (Å²) in [4.78, 5) is 12.3. The van der Waals surface area contributed by atoms with Gasteiger partial charge >= 0.3 is 12.0 Å². The van der Waals surface area contributed by atoms with Gasteiger partial charge in [0, 0.05) is 0 Å². The summed E-state index contributed by atoms with van der Waals surface area (Å²) in [5.41, 5.74) is -2.43. The molecule has 0 atom stereocenters. The lowest BCUT2D eigenvalue weighted by Gasteiger charge is -2.06. The van der Waals surface area contributed by atoms with E-state index in [2.05, 4.69) is 4.98 Å². The standard InChI is InChI=1S/C7H2F3N3O2/c8-7(9,10)5-1-2-12-6(13(14)15)4(5)3-11/h1-2H. The molecule has 1 heterocycles. The van der Waals surface area contributed by atoms with E-state index in [0.717, 1.165) is 6.07 Å². The first-order chi connectivity index (χ1) is 6.88. The molecule has 0 saturated heterocycles. The van der Waals surface area contributed by atoms with Crippen LogP contribution in [0.15, 0.2) is 12.3 Å². The van der Waals surface area contributed by atoms with Crippen molar-refractivity contribution >= 4 is 5.82 Å². The van der Waals surface area contributed by atoms with Gasteiger partial charge in [0.1, 0.15) is 12.3 Å². The van der Waals surface area contributed by atoms with Gasteiger partial charge in [-0.25, -0.2) is 0 Å². The molecule has 0 aliphatic carbocycles. The molecule has 0 aromatic carbocycles. The van der Waals surface area contributed by atoms with Crippen molar-refractivity contribution in [1.29, 1.82) is 5.26 Å². The third kappa shape index (κ3) is 2.01. The molecule has 15 heavy (non-hydrogen) atoms. The van der Waals surface area contributed by atoms with Crippen LogP contribution >= 0.6 is 0 Å². The topological polar surface area (TPSA) is 79.8 Å². The highest BCUT2D eigenvalue weighted by Crippen LogP contribution is 2.34. The van der Waals surface area contributed by atoms with Gasteiger partial charge in [0.05, 0.1) is 5.56 Å². The van der Waals surface area contributed by atoms with Crippen molar-refractivity contribution in [3.8, 4) is 6.07 Å². The minimum absolute atomic E-state index is 0.519. The lowest BCUT2D eigenvalue weighted by atomic mass is 10.1. The van der Waals surface area contributed by atoms with Crippen LogP contribution in [0.2, 0.25) is 0 Å². The first-order valence-corrected chi connectivity index (χ1v) is 3.48. The molecule has 0 amide bonds. The van der Waals surface area contributed by atoms with Crippen LogP contribution in [0.25, 0.3) is 0 Å². The van der Waals surface area contributed by atoms with Crippen molar-refractivity contribution in [2.45, 2.75) is 6.18 Å². The van der Waals surface area contributed by atoms with Gasteiger partial charge in [-0.3, -0.25) is 0 Å². The highest BCUT2D eigenvalue weighted by Gasteiger charge is 2.37. The van der Waals surface area contributed by atoms with Crippen molar-refractivity contribution in [2.24, 2.45) is 0 Å². The average molecular weight is 217 g/mol. The first kappa shape index (κ1) is 10.9. The van der Waals surface area contributed by atoms with Crippen molar-refractivity contribution in [1.82, 2.24) is 4.98 Å². The third-order valence-corrected chi connectivity index (χ3v) is 1.52. The van der Waals surface area contributed by atoms with Gasteiger partial charge < -0.3 is 10.1 Å². The number of nitro groups is 1. The minimum Gasteiger partial charge on any atom is -0.358 e. The van der Waals surface area contributed by atoms with Gasteiger partial charge in [0.2, 0.25) is 0 Å². The summed E-state index contributed by atoms with van der Waals surface area (Å²) >= 11 is 0. The van der Waals surface area contributed by atoms with E-state index in [1.54, 1.807) is 0 Å². The first-order valence-electron chi connectivity index (χ1n) is 3.48. The maximum atomic E-state index is 12.3. The fraction of sp³-hybridized carbons (Fsp3) is 0.143. The van der Waals surface area contributed by atoms with E-state index in [1.807, 2.05) is 0 Å². The Hall–Kier alpha value is -2.17. The molecule has 0 N–H and O–H groups in total. The van der Waals surface area contributed by atoms with Gasteiger partial charge in [-0.2, -0.15) is 18.4 Å². The van der Waals surface area contributed by atoms with Crippen LogP contribution < -0.4 is 0 Å². The second-order valence-electron chi connectivity index (χ2n) is 2.42. The number of nitrogens with zero attached hydrogens (tertiary/aromatic N) is 3. The molecule has 0 radical (unpaired) electrons. The molecular weight excluding hydrogens is 215 g/mol. The zero-order chi connectivity index (χ0) is 11.6. The van der Waals surface area contributed by atoms with Crippen molar-refractivity contribution in [2.75, 3.05) is 0 Å². The molecule has 0 fully saturated rings. The number of halogens is 3. The highest BCUT2D eigenvalue weighted by molar-refractivity contribution is 5.49. The quantitative estimate of drug-likeness (QED) is 0.531. The predicted molar refractivity (Wildman–Crippen MR) is 40.6 cm³/mol. The number of hydrogen-bond donors (Lipinski definition) is 0. The minimum atomic E-state index is -4.81. The number of rotatable bonds is 1. The second kappa shape index (κ2) is 3.53. The van der Waals surface area contributed by atoms with E-state index in [9.17, 15) is 23.3 Å². The van der Waals surface area contributed by atoms with Gasteiger partial charge in [-0.1, -0.05) is 0 Å². The van der Waals surface area contributed by atoms with Crippen LogP contribution in [-0.4, -0.2) is 9.91 Å². The Morgan fingerprint density at radius 1 is 1.53 bits per heavy atom. The summed E-state index contributed by atoms with van der Waals surface area (Å²) in [7, 11) is 0. The Bertz CT molecular complexity index is 450. The summed E-state index contributed by atoms with van der Waals surface area (Å²) in [5, 5.41) is 18.7. The highest BCUT2D eigenvalue weighted by atomic mass is 19.4. The van der Waals surface area contributed by atoms with E-state index in [0.29, 0.717) is 12.3 Å². The summed E-state index contributed by atoms with van der Waals surface area (Å²) in [5.74, 6) is -1.09. The maximum Gasteiger partial charge on any atom is 0.418 e.